The number of hydrogen-bond donors (Lipinski definition) is 1. The van der Waals surface area contributed by atoms with Crippen LogP contribution >= 0.6 is 0 Å². The van der Waals surface area contributed by atoms with E-state index in [9.17, 15) is 4.79 Å². The summed E-state index contributed by atoms with van der Waals surface area (Å²) in [6.45, 7) is 1.88. The lowest BCUT2D eigenvalue weighted by Gasteiger charge is -2.13. The van der Waals surface area contributed by atoms with Gasteiger partial charge in [0.1, 0.15) is 6.04 Å². The summed E-state index contributed by atoms with van der Waals surface area (Å²) < 4.78 is 10.5. The maximum absolute atomic E-state index is 11.7. The van der Waals surface area contributed by atoms with Gasteiger partial charge in [-0.05, 0) is 24.8 Å². The number of hydrogen-bond acceptors (Lipinski definition) is 4. The van der Waals surface area contributed by atoms with Gasteiger partial charge in [-0.25, -0.2) is 0 Å². The molecular weight excluding hydrogens is 242 g/mol. The lowest BCUT2D eigenvalue weighted by molar-refractivity contribution is -0.146. The zero-order chi connectivity index (χ0) is 13.5. The molecule has 0 bridgehead atoms. The van der Waals surface area contributed by atoms with Gasteiger partial charge in [0.2, 0.25) is 0 Å². The molecule has 1 aliphatic heterocycles. The standard InChI is InChI=1S/C15H21NO3/c16-14(7-6-12-4-2-1-3-5-12)15(17)19-11-13-8-9-18-10-13/h1-5,13-14H,6-11,16H2. The van der Waals surface area contributed by atoms with E-state index in [1.807, 2.05) is 30.3 Å². The van der Waals surface area contributed by atoms with Crippen LogP contribution in [0.25, 0.3) is 0 Å². The number of nitrogens with two attached hydrogens (primary N) is 1. The van der Waals surface area contributed by atoms with Crippen LogP contribution < -0.4 is 5.73 Å². The molecule has 0 aliphatic carbocycles. The van der Waals surface area contributed by atoms with Crippen LogP contribution in [0.2, 0.25) is 0 Å². The Morgan fingerprint density at radius 3 is 2.89 bits per heavy atom. The van der Waals surface area contributed by atoms with E-state index in [0.29, 0.717) is 25.6 Å². The molecule has 1 aromatic rings. The highest BCUT2D eigenvalue weighted by molar-refractivity contribution is 5.75. The van der Waals surface area contributed by atoms with Crippen molar-refractivity contribution in [3.63, 3.8) is 0 Å². The summed E-state index contributed by atoms with van der Waals surface area (Å²) in [5.41, 5.74) is 7.03. The summed E-state index contributed by atoms with van der Waals surface area (Å²) in [5.74, 6) is 0.0353. The highest BCUT2D eigenvalue weighted by Crippen LogP contribution is 2.13. The predicted molar refractivity (Wildman–Crippen MR) is 72.6 cm³/mol. The summed E-state index contributed by atoms with van der Waals surface area (Å²) in [6.07, 6.45) is 2.38. The van der Waals surface area contributed by atoms with Gasteiger partial charge in [0.25, 0.3) is 0 Å². The molecule has 1 fully saturated rings. The predicted octanol–water partition coefficient (Wildman–Crippen LogP) is 1.53. The van der Waals surface area contributed by atoms with Gasteiger partial charge in [-0.3, -0.25) is 4.79 Å². The summed E-state index contributed by atoms with van der Waals surface area (Å²) in [4.78, 5) is 11.7. The molecule has 2 unspecified atom stereocenters. The average molecular weight is 263 g/mol. The minimum absolute atomic E-state index is 0.303. The SMILES string of the molecule is NC(CCc1ccccc1)C(=O)OCC1CCOC1. The Morgan fingerprint density at radius 2 is 2.21 bits per heavy atom. The van der Waals surface area contributed by atoms with E-state index in [0.717, 1.165) is 19.4 Å². The number of esters is 1. The molecule has 2 atom stereocenters. The fraction of sp³-hybridized carbons (Fsp3) is 0.533. The van der Waals surface area contributed by atoms with Crippen LogP contribution in [0.3, 0.4) is 0 Å². The molecule has 19 heavy (non-hydrogen) atoms. The van der Waals surface area contributed by atoms with Crippen LogP contribution in [0, 0.1) is 5.92 Å². The molecule has 0 amide bonds. The van der Waals surface area contributed by atoms with Crippen LogP contribution in [0.1, 0.15) is 18.4 Å². The second-order valence-electron chi connectivity index (χ2n) is 4.99. The Morgan fingerprint density at radius 1 is 1.42 bits per heavy atom. The topological polar surface area (TPSA) is 61.6 Å². The molecule has 0 spiro atoms. The summed E-state index contributed by atoms with van der Waals surface area (Å²) >= 11 is 0. The van der Waals surface area contributed by atoms with Gasteiger partial charge in [0.05, 0.1) is 13.2 Å². The van der Waals surface area contributed by atoms with Gasteiger partial charge in [-0.1, -0.05) is 30.3 Å². The van der Waals surface area contributed by atoms with Crippen molar-refractivity contribution in [2.75, 3.05) is 19.8 Å². The van der Waals surface area contributed by atoms with Gasteiger partial charge in [-0.2, -0.15) is 0 Å². The maximum Gasteiger partial charge on any atom is 0.322 e. The van der Waals surface area contributed by atoms with E-state index in [1.54, 1.807) is 0 Å². The molecule has 2 N–H and O–H groups in total. The Labute approximate surface area is 113 Å². The first-order valence-corrected chi connectivity index (χ1v) is 6.79. The fourth-order valence-electron chi connectivity index (χ4n) is 2.11. The van der Waals surface area contributed by atoms with Crippen molar-refractivity contribution in [3.05, 3.63) is 35.9 Å². The van der Waals surface area contributed by atoms with E-state index < -0.39 is 6.04 Å². The van der Waals surface area contributed by atoms with Crippen molar-refractivity contribution in [2.24, 2.45) is 11.7 Å². The minimum Gasteiger partial charge on any atom is -0.464 e. The molecule has 104 valence electrons. The van der Waals surface area contributed by atoms with E-state index in [4.69, 9.17) is 15.2 Å². The van der Waals surface area contributed by atoms with E-state index in [2.05, 4.69) is 0 Å². The first-order valence-electron chi connectivity index (χ1n) is 6.79. The monoisotopic (exact) mass is 263 g/mol. The number of carbonyl (C=O) groups is 1. The molecule has 0 radical (unpaired) electrons. The number of aryl methyl sites for hydroxylation is 1. The highest BCUT2D eigenvalue weighted by Gasteiger charge is 2.20. The lowest BCUT2D eigenvalue weighted by atomic mass is 10.1. The average Bonchev–Trinajstić information content (AvgIpc) is 2.96. The molecule has 1 heterocycles. The van der Waals surface area contributed by atoms with Crippen molar-refractivity contribution in [1.29, 1.82) is 0 Å². The van der Waals surface area contributed by atoms with Crippen LogP contribution in [-0.4, -0.2) is 31.8 Å². The van der Waals surface area contributed by atoms with Gasteiger partial charge in [0, 0.05) is 12.5 Å². The highest BCUT2D eigenvalue weighted by atomic mass is 16.5. The van der Waals surface area contributed by atoms with Gasteiger partial charge in [0.15, 0.2) is 0 Å². The maximum atomic E-state index is 11.7. The zero-order valence-corrected chi connectivity index (χ0v) is 11.1. The molecule has 4 heteroatoms. The third-order valence-electron chi connectivity index (χ3n) is 3.37. The van der Waals surface area contributed by atoms with Crippen molar-refractivity contribution >= 4 is 5.97 Å². The van der Waals surface area contributed by atoms with Crippen LogP contribution in [0.4, 0.5) is 0 Å². The fourth-order valence-corrected chi connectivity index (χ4v) is 2.11. The van der Waals surface area contributed by atoms with Crippen molar-refractivity contribution in [1.82, 2.24) is 0 Å². The van der Waals surface area contributed by atoms with Crippen LogP contribution in [-0.2, 0) is 20.7 Å². The number of carbonyl (C=O) groups excluding carboxylic acids is 1. The summed E-state index contributed by atoms with van der Waals surface area (Å²) in [5, 5.41) is 0. The largest absolute Gasteiger partial charge is 0.464 e. The Bertz CT molecular complexity index is 388. The van der Waals surface area contributed by atoms with Gasteiger partial charge >= 0.3 is 5.97 Å². The minimum atomic E-state index is -0.539. The zero-order valence-electron chi connectivity index (χ0n) is 11.1. The molecule has 4 nitrogen and oxygen atoms in total. The second kappa shape index (κ2) is 7.26. The number of ether oxygens (including phenoxy) is 2. The smallest absolute Gasteiger partial charge is 0.322 e. The first kappa shape index (κ1) is 14.0. The van der Waals surface area contributed by atoms with E-state index in [1.165, 1.54) is 5.56 Å². The van der Waals surface area contributed by atoms with Crippen molar-refractivity contribution in [2.45, 2.75) is 25.3 Å². The van der Waals surface area contributed by atoms with Crippen LogP contribution in [0.15, 0.2) is 30.3 Å². The van der Waals surface area contributed by atoms with Gasteiger partial charge < -0.3 is 15.2 Å². The number of benzene rings is 1. The third-order valence-corrected chi connectivity index (χ3v) is 3.37. The van der Waals surface area contributed by atoms with Crippen molar-refractivity contribution in [3.8, 4) is 0 Å². The molecule has 0 saturated carbocycles. The molecule has 1 aliphatic rings. The second-order valence-corrected chi connectivity index (χ2v) is 4.99. The Balaban J connectivity index is 1.67. The van der Waals surface area contributed by atoms with Gasteiger partial charge in [-0.15, -0.1) is 0 Å². The molecule has 1 saturated heterocycles. The summed E-state index contributed by atoms with van der Waals surface area (Å²) in [6, 6.07) is 9.48. The first-order chi connectivity index (χ1) is 9.25. The molecule has 1 aromatic carbocycles. The number of rotatable bonds is 6. The summed E-state index contributed by atoms with van der Waals surface area (Å²) in [7, 11) is 0. The van der Waals surface area contributed by atoms with Crippen LogP contribution in [0.5, 0.6) is 0 Å². The van der Waals surface area contributed by atoms with E-state index >= 15 is 0 Å². The quantitative estimate of drug-likeness (QED) is 0.791. The van der Waals surface area contributed by atoms with Crippen molar-refractivity contribution < 1.29 is 14.3 Å². The molecular formula is C15H21NO3. The lowest BCUT2D eigenvalue weighted by Crippen LogP contribution is -2.33. The Hall–Kier alpha value is -1.39. The Kier molecular flexibility index (Phi) is 5.36. The third kappa shape index (κ3) is 4.65. The van der Waals surface area contributed by atoms with E-state index in [-0.39, 0.29) is 5.97 Å². The molecule has 0 aromatic heterocycles. The normalized spacial score (nSPS) is 20.2. The molecule has 2 rings (SSSR count).